The highest BCUT2D eigenvalue weighted by Gasteiger charge is 2.08. The van der Waals surface area contributed by atoms with Crippen LogP contribution in [0.1, 0.15) is 41.3 Å². The van der Waals surface area contributed by atoms with Gasteiger partial charge in [-0.15, -0.1) is 0 Å². The van der Waals surface area contributed by atoms with Gasteiger partial charge in [0.1, 0.15) is 5.75 Å². The van der Waals surface area contributed by atoms with Gasteiger partial charge in [0.05, 0.1) is 18.4 Å². The van der Waals surface area contributed by atoms with E-state index in [1.54, 1.807) is 19.5 Å². The van der Waals surface area contributed by atoms with Crippen LogP contribution in [-0.2, 0) is 6.42 Å². The first-order valence-corrected chi connectivity index (χ1v) is 9.78. The maximum absolute atomic E-state index is 12.6. The van der Waals surface area contributed by atoms with Crippen LogP contribution in [0.15, 0.2) is 67.0 Å². The number of carbonyl (C=O) groups is 1. The molecule has 0 atom stereocenters. The summed E-state index contributed by atoms with van der Waals surface area (Å²) in [7, 11) is 1.66. The summed E-state index contributed by atoms with van der Waals surface area (Å²) < 4.78 is 5.25. The standard InChI is InChI=1S/C24H27N3O2/c1-17(2)19-7-9-21(10-8-19)27-24(28)20-14-22(16-25-15-20)26-12-11-18-5-4-6-23(13-18)29-3/h4-10,13-17,26H,11-12H2,1-3H3,(H,27,28). The van der Waals surface area contributed by atoms with E-state index in [9.17, 15) is 4.79 Å². The predicted molar refractivity (Wildman–Crippen MR) is 118 cm³/mol. The van der Waals surface area contributed by atoms with Crippen molar-refractivity contribution in [1.29, 1.82) is 0 Å². The number of rotatable bonds is 8. The molecule has 1 amide bonds. The summed E-state index contributed by atoms with van der Waals surface area (Å²) in [5, 5.41) is 6.25. The molecule has 0 aliphatic heterocycles. The molecule has 2 N–H and O–H groups in total. The summed E-state index contributed by atoms with van der Waals surface area (Å²) in [5.41, 5.74) is 4.53. The number of amides is 1. The molecule has 3 aromatic rings. The van der Waals surface area contributed by atoms with Crippen LogP contribution < -0.4 is 15.4 Å². The number of anilines is 2. The van der Waals surface area contributed by atoms with Gasteiger partial charge in [-0.05, 0) is 53.8 Å². The number of hydrogen-bond donors (Lipinski definition) is 2. The molecular weight excluding hydrogens is 362 g/mol. The van der Waals surface area contributed by atoms with E-state index < -0.39 is 0 Å². The van der Waals surface area contributed by atoms with E-state index in [0.717, 1.165) is 30.1 Å². The van der Waals surface area contributed by atoms with Crippen molar-refractivity contribution < 1.29 is 9.53 Å². The zero-order valence-electron chi connectivity index (χ0n) is 17.1. The maximum atomic E-state index is 12.6. The van der Waals surface area contributed by atoms with E-state index in [1.165, 1.54) is 11.1 Å². The van der Waals surface area contributed by atoms with Crippen LogP contribution in [-0.4, -0.2) is 24.5 Å². The summed E-state index contributed by atoms with van der Waals surface area (Å²) in [6.07, 6.45) is 4.14. The lowest BCUT2D eigenvalue weighted by molar-refractivity contribution is 0.102. The molecule has 0 aliphatic rings. The van der Waals surface area contributed by atoms with E-state index in [1.807, 2.05) is 48.5 Å². The molecule has 2 aromatic carbocycles. The minimum atomic E-state index is -0.175. The van der Waals surface area contributed by atoms with Gasteiger partial charge in [0, 0.05) is 24.6 Å². The third-order valence-corrected chi connectivity index (χ3v) is 4.71. The fourth-order valence-corrected chi connectivity index (χ4v) is 2.99. The van der Waals surface area contributed by atoms with E-state index in [2.05, 4.69) is 35.5 Å². The topological polar surface area (TPSA) is 63.2 Å². The van der Waals surface area contributed by atoms with Gasteiger partial charge >= 0.3 is 0 Å². The molecule has 3 rings (SSSR count). The number of carbonyl (C=O) groups excluding carboxylic acids is 1. The zero-order chi connectivity index (χ0) is 20.6. The Labute approximate surface area is 172 Å². The summed E-state index contributed by atoms with van der Waals surface area (Å²) in [6, 6.07) is 17.7. The third-order valence-electron chi connectivity index (χ3n) is 4.71. The highest BCUT2D eigenvalue weighted by Crippen LogP contribution is 2.18. The van der Waals surface area contributed by atoms with Gasteiger partial charge < -0.3 is 15.4 Å². The van der Waals surface area contributed by atoms with Crippen LogP contribution in [0.4, 0.5) is 11.4 Å². The lowest BCUT2D eigenvalue weighted by Gasteiger charge is -2.10. The Bertz CT molecular complexity index is 952. The van der Waals surface area contributed by atoms with Crippen LogP contribution in [0, 0.1) is 0 Å². The Morgan fingerprint density at radius 1 is 1.03 bits per heavy atom. The number of ether oxygens (including phenoxy) is 1. The van der Waals surface area contributed by atoms with Crippen molar-refractivity contribution in [3.8, 4) is 5.75 Å². The van der Waals surface area contributed by atoms with E-state index in [-0.39, 0.29) is 5.91 Å². The van der Waals surface area contributed by atoms with Crippen molar-refractivity contribution in [1.82, 2.24) is 4.98 Å². The first kappa shape index (κ1) is 20.4. The summed E-state index contributed by atoms with van der Waals surface area (Å²) >= 11 is 0. The Morgan fingerprint density at radius 3 is 2.55 bits per heavy atom. The van der Waals surface area contributed by atoms with Crippen LogP contribution in [0.5, 0.6) is 5.75 Å². The zero-order valence-corrected chi connectivity index (χ0v) is 17.1. The highest BCUT2D eigenvalue weighted by atomic mass is 16.5. The molecule has 0 fully saturated rings. The first-order valence-electron chi connectivity index (χ1n) is 9.78. The van der Waals surface area contributed by atoms with Gasteiger partial charge in [-0.25, -0.2) is 0 Å². The average Bonchev–Trinajstić information content (AvgIpc) is 2.74. The lowest BCUT2D eigenvalue weighted by atomic mass is 10.0. The summed E-state index contributed by atoms with van der Waals surface area (Å²) in [5.74, 6) is 1.14. The average molecular weight is 389 g/mol. The van der Waals surface area contributed by atoms with Crippen molar-refractivity contribution in [2.45, 2.75) is 26.2 Å². The van der Waals surface area contributed by atoms with Gasteiger partial charge in [-0.2, -0.15) is 0 Å². The largest absolute Gasteiger partial charge is 0.497 e. The lowest BCUT2D eigenvalue weighted by Crippen LogP contribution is -2.13. The Balaban J connectivity index is 1.57. The number of methoxy groups -OCH3 is 1. The number of nitrogens with zero attached hydrogens (tertiary/aromatic N) is 1. The first-order chi connectivity index (χ1) is 14.0. The Morgan fingerprint density at radius 2 is 1.83 bits per heavy atom. The summed E-state index contributed by atoms with van der Waals surface area (Å²) in [4.78, 5) is 16.8. The van der Waals surface area contributed by atoms with Crippen molar-refractivity contribution >= 4 is 17.3 Å². The minimum absolute atomic E-state index is 0.175. The van der Waals surface area contributed by atoms with Gasteiger partial charge in [-0.1, -0.05) is 38.1 Å². The number of aromatic nitrogens is 1. The molecular formula is C24H27N3O2. The van der Waals surface area contributed by atoms with Gasteiger partial charge in [-0.3, -0.25) is 9.78 Å². The SMILES string of the molecule is COc1cccc(CCNc2cncc(C(=O)Nc3ccc(C(C)C)cc3)c2)c1. The molecule has 0 radical (unpaired) electrons. The minimum Gasteiger partial charge on any atom is -0.497 e. The van der Waals surface area contributed by atoms with Crippen LogP contribution in [0.25, 0.3) is 0 Å². The number of benzene rings is 2. The smallest absolute Gasteiger partial charge is 0.257 e. The molecule has 29 heavy (non-hydrogen) atoms. The number of nitrogens with one attached hydrogen (secondary N) is 2. The Kier molecular flexibility index (Phi) is 6.85. The second-order valence-corrected chi connectivity index (χ2v) is 7.22. The normalized spacial score (nSPS) is 10.6. The molecule has 0 bridgehead atoms. The van der Waals surface area contributed by atoms with Crippen LogP contribution in [0.2, 0.25) is 0 Å². The van der Waals surface area contributed by atoms with Crippen molar-refractivity contribution in [2.75, 3.05) is 24.3 Å². The fraction of sp³-hybridized carbons (Fsp3) is 0.250. The molecule has 1 heterocycles. The molecule has 0 saturated carbocycles. The van der Waals surface area contributed by atoms with E-state index in [0.29, 0.717) is 11.5 Å². The molecule has 1 aromatic heterocycles. The number of hydrogen-bond acceptors (Lipinski definition) is 4. The molecule has 0 saturated heterocycles. The van der Waals surface area contributed by atoms with Gasteiger partial charge in [0.15, 0.2) is 0 Å². The monoisotopic (exact) mass is 389 g/mol. The van der Waals surface area contributed by atoms with Crippen LogP contribution >= 0.6 is 0 Å². The van der Waals surface area contributed by atoms with Crippen molar-refractivity contribution in [3.05, 3.63) is 83.7 Å². The molecule has 5 heteroatoms. The molecule has 0 unspecified atom stereocenters. The molecule has 5 nitrogen and oxygen atoms in total. The second-order valence-electron chi connectivity index (χ2n) is 7.22. The second kappa shape index (κ2) is 9.73. The van der Waals surface area contributed by atoms with Crippen molar-refractivity contribution in [3.63, 3.8) is 0 Å². The van der Waals surface area contributed by atoms with Crippen molar-refractivity contribution in [2.24, 2.45) is 0 Å². The van der Waals surface area contributed by atoms with Crippen LogP contribution in [0.3, 0.4) is 0 Å². The highest BCUT2D eigenvalue weighted by molar-refractivity contribution is 6.04. The van der Waals surface area contributed by atoms with Gasteiger partial charge in [0.2, 0.25) is 0 Å². The number of pyridine rings is 1. The Hall–Kier alpha value is -3.34. The summed E-state index contributed by atoms with van der Waals surface area (Å²) in [6.45, 7) is 5.02. The van der Waals surface area contributed by atoms with Gasteiger partial charge in [0.25, 0.3) is 5.91 Å². The quantitative estimate of drug-likeness (QED) is 0.561. The predicted octanol–water partition coefficient (Wildman–Crippen LogP) is 5.12. The fourth-order valence-electron chi connectivity index (χ4n) is 2.99. The van der Waals surface area contributed by atoms with E-state index in [4.69, 9.17) is 4.74 Å². The third kappa shape index (κ3) is 5.82. The molecule has 150 valence electrons. The van der Waals surface area contributed by atoms with E-state index >= 15 is 0 Å². The maximum Gasteiger partial charge on any atom is 0.257 e. The molecule has 0 aliphatic carbocycles. The molecule has 0 spiro atoms.